The van der Waals surface area contributed by atoms with E-state index in [1.807, 2.05) is 23.2 Å². The van der Waals surface area contributed by atoms with Gasteiger partial charge in [0.05, 0.1) is 7.11 Å². The molecule has 0 unspecified atom stereocenters. The maximum Gasteiger partial charge on any atom is 0.274 e. The Morgan fingerprint density at radius 2 is 2.06 bits per heavy atom. The minimum atomic E-state index is -0.333. The molecule has 0 N–H and O–H groups in total. The molecule has 4 aromatic rings. The van der Waals surface area contributed by atoms with Crippen molar-refractivity contribution in [1.82, 2.24) is 29.3 Å². The zero-order chi connectivity index (χ0) is 22.2. The van der Waals surface area contributed by atoms with Crippen LogP contribution in [0.2, 0.25) is 0 Å². The Bertz CT molecular complexity index is 1300. The van der Waals surface area contributed by atoms with Crippen molar-refractivity contribution in [2.24, 2.45) is 7.05 Å². The van der Waals surface area contributed by atoms with E-state index in [1.165, 1.54) is 12.1 Å². The van der Waals surface area contributed by atoms with Gasteiger partial charge >= 0.3 is 0 Å². The molecule has 1 aliphatic rings. The first kappa shape index (κ1) is 20.2. The maximum atomic E-state index is 13.8. The lowest BCUT2D eigenvalue weighted by Gasteiger charge is -2.30. The lowest BCUT2D eigenvalue weighted by atomic mass is 9.97. The average Bonchev–Trinajstić information content (AvgIpc) is 3.44. The molecule has 0 radical (unpaired) electrons. The van der Waals surface area contributed by atoms with Crippen molar-refractivity contribution in [3.8, 4) is 16.9 Å². The summed E-state index contributed by atoms with van der Waals surface area (Å²) in [5.74, 6) is 0.928. The van der Waals surface area contributed by atoms with Gasteiger partial charge in [-0.3, -0.25) is 9.48 Å². The van der Waals surface area contributed by atoms with Gasteiger partial charge in [-0.1, -0.05) is 0 Å². The van der Waals surface area contributed by atoms with Gasteiger partial charge in [-0.15, -0.1) is 0 Å². The van der Waals surface area contributed by atoms with Crippen molar-refractivity contribution in [3.63, 3.8) is 0 Å². The zero-order valence-corrected chi connectivity index (χ0v) is 17.9. The van der Waals surface area contributed by atoms with Crippen LogP contribution in [0.5, 0.6) is 5.75 Å². The number of carbonyl (C=O) groups excluding carboxylic acids is 1. The van der Waals surface area contributed by atoms with Gasteiger partial charge in [0.15, 0.2) is 11.5 Å². The van der Waals surface area contributed by atoms with E-state index in [1.54, 1.807) is 41.7 Å². The van der Waals surface area contributed by atoms with Crippen molar-refractivity contribution in [1.29, 1.82) is 0 Å². The van der Waals surface area contributed by atoms with E-state index in [-0.39, 0.29) is 17.6 Å². The van der Waals surface area contributed by atoms with Crippen LogP contribution in [0.3, 0.4) is 0 Å². The van der Waals surface area contributed by atoms with Crippen LogP contribution < -0.4 is 4.74 Å². The van der Waals surface area contributed by atoms with Gasteiger partial charge in [0, 0.05) is 49.6 Å². The molecule has 0 aliphatic carbocycles. The van der Waals surface area contributed by atoms with Gasteiger partial charge in [0.1, 0.15) is 17.3 Å². The van der Waals surface area contributed by atoms with Crippen LogP contribution >= 0.6 is 0 Å². The summed E-state index contributed by atoms with van der Waals surface area (Å²) in [5.41, 5.74) is 2.58. The third-order valence-corrected chi connectivity index (χ3v) is 5.83. The molecule has 1 atom stereocenters. The summed E-state index contributed by atoms with van der Waals surface area (Å²) >= 11 is 0. The number of piperidine rings is 1. The molecular weight excluding hydrogens is 411 g/mol. The smallest absolute Gasteiger partial charge is 0.274 e. The summed E-state index contributed by atoms with van der Waals surface area (Å²) in [6, 6.07) is 9.89. The summed E-state index contributed by atoms with van der Waals surface area (Å²) in [6.07, 6.45) is 5.38. The summed E-state index contributed by atoms with van der Waals surface area (Å²) in [4.78, 5) is 19.3. The lowest BCUT2D eigenvalue weighted by Crippen LogP contribution is -2.39. The van der Waals surface area contributed by atoms with Gasteiger partial charge in [0.25, 0.3) is 5.91 Å². The first-order valence-corrected chi connectivity index (χ1v) is 10.5. The number of rotatable bonds is 4. The van der Waals surface area contributed by atoms with Gasteiger partial charge in [-0.2, -0.15) is 10.2 Å². The van der Waals surface area contributed by atoms with Crippen LogP contribution in [0.4, 0.5) is 4.39 Å². The van der Waals surface area contributed by atoms with Gasteiger partial charge < -0.3 is 9.64 Å². The zero-order valence-electron chi connectivity index (χ0n) is 17.9. The Hall–Kier alpha value is -3.75. The van der Waals surface area contributed by atoms with E-state index < -0.39 is 0 Å². The number of aryl methyl sites for hydroxylation is 1. The molecule has 0 saturated carbocycles. The molecule has 4 heterocycles. The van der Waals surface area contributed by atoms with Gasteiger partial charge in [-0.25, -0.2) is 13.9 Å². The van der Waals surface area contributed by atoms with Crippen LogP contribution in [0.25, 0.3) is 16.8 Å². The third kappa shape index (κ3) is 3.70. The highest BCUT2D eigenvalue weighted by Gasteiger charge is 2.29. The molecule has 1 amide bonds. The lowest BCUT2D eigenvalue weighted by molar-refractivity contribution is 0.0698. The second-order valence-electron chi connectivity index (χ2n) is 8.00. The molecule has 164 valence electrons. The Labute approximate surface area is 184 Å². The number of methoxy groups -OCH3 is 1. The van der Waals surface area contributed by atoms with Crippen LogP contribution in [0, 0.1) is 5.82 Å². The Balaban J connectivity index is 1.41. The second-order valence-corrected chi connectivity index (χ2v) is 8.00. The molecule has 1 aromatic carbocycles. The number of pyridine rings is 1. The molecular formula is C23H23FN6O2. The number of carbonyl (C=O) groups is 1. The summed E-state index contributed by atoms with van der Waals surface area (Å²) in [5, 5.41) is 8.91. The molecule has 3 aromatic heterocycles. The SMILES string of the molecule is COc1ccc(F)cc1-c1ccc2nc([C@H]3CCCN(C(=O)c4ccn(C)n4)C3)nn2c1. The number of ether oxygens (including phenoxy) is 1. The van der Waals surface area contributed by atoms with Crippen LogP contribution in [-0.2, 0) is 7.05 Å². The predicted molar refractivity (Wildman–Crippen MR) is 116 cm³/mol. The topological polar surface area (TPSA) is 77.5 Å². The molecule has 32 heavy (non-hydrogen) atoms. The van der Waals surface area contributed by atoms with Crippen LogP contribution in [-0.4, -0.2) is 55.4 Å². The maximum absolute atomic E-state index is 13.8. The van der Waals surface area contributed by atoms with E-state index >= 15 is 0 Å². The van der Waals surface area contributed by atoms with Crippen molar-refractivity contribution in [2.45, 2.75) is 18.8 Å². The van der Waals surface area contributed by atoms with Gasteiger partial charge in [-0.05, 0) is 49.2 Å². The highest BCUT2D eigenvalue weighted by Crippen LogP contribution is 2.31. The number of halogens is 1. The van der Waals surface area contributed by atoms with Crippen molar-refractivity contribution in [3.05, 3.63) is 66.1 Å². The molecule has 0 spiro atoms. The second kappa shape index (κ2) is 8.07. The molecule has 1 aliphatic heterocycles. The van der Waals surface area contributed by atoms with Crippen molar-refractivity contribution >= 4 is 11.6 Å². The van der Waals surface area contributed by atoms with E-state index in [0.29, 0.717) is 41.6 Å². The number of hydrogen-bond donors (Lipinski definition) is 0. The normalized spacial score (nSPS) is 16.5. The number of hydrogen-bond acceptors (Lipinski definition) is 5. The molecule has 0 bridgehead atoms. The first-order valence-electron chi connectivity index (χ1n) is 10.5. The minimum absolute atomic E-state index is 0.0449. The van der Waals surface area contributed by atoms with Crippen molar-refractivity contribution in [2.75, 3.05) is 20.2 Å². The summed E-state index contributed by atoms with van der Waals surface area (Å²) in [6.45, 7) is 1.25. The molecule has 1 fully saturated rings. The average molecular weight is 434 g/mol. The van der Waals surface area contributed by atoms with E-state index in [4.69, 9.17) is 9.72 Å². The van der Waals surface area contributed by atoms with Crippen LogP contribution in [0.15, 0.2) is 48.8 Å². The van der Waals surface area contributed by atoms with Crippen molar-refractivity contribution < 1.29 is 13.9 Å². The standard InChI is InChI=1S/C23H23FN6O2/c1-28-11-9-19(26-28)23(31)29-10-3-4-16(13-29)22-25-21-8-5-15(14-30(21)27-22)18-12-17(24)6-7-20(18)32-2/h5-9,11-12,14,16H,3-4,10,13H2,1-2H3/t16-/m0/s1. The number of aromatic nitrogens is 5. The molecule has 5 rings (SSSR count). The Kier molecular flexibility index (Phi) is 5.08. The fraction of sp³-hybridized carbons (Fsp3) is 0.304. The fourth-order valence-electron chi connectivity index (χ4n) is 4.20. The fourth-order valence-corrected chi connectivity index (χ4v) is 4.20. The molecule has 1 saturated heterocycles. The summed E-state index contributed by atoms with van der Waals surface area (Å²) in [7, 11) is 3.36. The largest absolute Gasteiger partial charge is 0.496 e. The minimum Gasteiger partial charge on any atom is -0.496 e. The Morgan fingerprint density at radius 1 is 1.19 bits per heavy atom. The number of fused-ring (bicyclic) bond motifs is 1. The highest BCUT2D eigenvalue weighted by molar-refractivity contribution is 5.92. The van der Waals surface area contributed by atoms with Crippen LogP contribution in [0.1, 0.15) is 35.1 Å². The van der Waals surface area contributed by atoms with E-state index in [9.17, 15) is 9.18 Å². The number of likely N-dealkylation sites (tertiary alicyclic amines) is 1. The first-order chi connectivity index (χ1) is 15.5. The number of benzene rings is 1. The van der Waals surface area contributed by atoms with Gasteiger partial charge in [0.2, 0.25) is 0 Å². The number of nitrogens with zero attached hydrogens (tertiary/aromatic N) is 6. The predicted octanol–water partition coefficient (Wildman–Crippen LogP) is 3.30. The van der Waals surface area contributed by atoms with E-state index in [2.05, 4.69) is 10.2 Å². The molecule has 8 nitrogen and oxygen atoms in total. The molecule has 9 heteroatoms. The quantitative estimate of drug-likeness (QED) is 0.493. The number of amides is 1. The van der Waals surface area contributed by atoms with E-state index in [0.717, 1.165) is 18.4 Å². The monoisotopic (exact) mass is 434 g/mol. The third-order valence-electron chi connectivity index (χ3n) is 5.83. The summed E-state index contributed by atoms with van der Waals surface area (Å²) < 4.78 is 22.5. The Morgan fingerprint density at radius 3 is 2.84 bits per heavy atom. The highest BCUT2D eigenvalue weighted by atomic mass is 19.1.